The van der Waals surface area contributed by atoms with Crippen LogP contribution in [0.1, 0.15) is 59.8 Å². The Morgan fingerprint density at radius 3 is 2.36 bits per heavy atom. The molecule has 2 N–H and O–H groups in total. The molecule has 0 aromatic heterocycles. The fourth-order valence-electron chi connectivity index (χ4n) is 2.94. The van der Waals surface area contributed by atoms with E-state index in [2.05, 4.69) is 27.7 Å². The highest BCUT2D eigenvalue weighted by molar-refractivity contribution is 4.94. The summed E-state index contributed by atoms with van der Waals surface area (Å²) in [4.78, 5) is 0. The summed E-state index contributed by atoms with van der Waals surface area (Å²) in [6.07, 6.45) is 6.87. The van der Waals surface area contributed by atoms with Gasteiger partial charge >= 0.3 is 0 Å². The molecular weight excluding hydrogens is 170 g/mol. The molecule has 1 aliphatic rings. The van der Waals surface area contributed by atoms with E-state index in [1.165, 1.54) is 32.1 Å². The number of nitrogens with two attached hydrogens (primary N) is 1. The highest BCUT2D eigenvalue weighted by Crippen LogP contribution is 2.40. The van der Waals surface area contributed by atoms with Crippen LogP contribution in [0.4, 0.5) is 0 Å². The minimum Gasteiger partial charge on any atom is -0.325 e. The van der Waals surface area contributed by atoms with Gasteiger partial charge in [-0.3, -0.25) is 0 Å². The number of hydrogen-bond acceptors (Lipinski definition) is 1. The molecule has 0 saturated heterocycles. The summed E-state index contributed by atoms with van der Waals surface area (Å²) in [5, 5.41) is 0. The van der Waals surface area contributed by atoms with Crippen molar-refractivity contribution in [1.82, 2.24) is 0 Å². The van der Waals surface area contributed by atoms with Gasteiger partial charge in [0.05, 0.1) is 0 Å². The van der Waals surface area contributed by atoms with Crippen molar-refractivity contribution in [3.63, 3.8) is 0 Å². The Bertz CT molecular complexity index is 172. The first-order valence-electron chi connectivity index (χ1n) is 6.29. The second-order valence-corrected chi connectivity index (χ2v) is 5.58. The normalized spacial score (nSPS) is 33.0. The predicted molar refractivity (Wildman–Crippen MR) is 63.2 cm³/mol. The molecule has 1 rings (SSSR count). The van der Waals surface area contributed by atoms with E-state index in [1.54, 1.807) is 0 Å². The predicted octanol–water partition coefficient (Wildman–Crippen LogP) is 3.58. The molecule has 3 unspecified atom stereocenters. The molecular formula is C13H27N. The van der Waals surface area contributed by atoms with Crippen LogP contribution in [0.15, 0.2) is 0 Å². The molecule has 0 heterocycles. The van der Waals surface area contributed by atoms with Crippen molar-refractivity contribution < 1.29 is 0 Å². The van der Waals surface area contributed by atoms with Gasteiger partial charge in [-0.2, -0.15) is 0 Å². The quantitative estimate of drug-likeness (QED) is 0.735. The van der Waals surface area contributed by atoms with Crippen molar-refractivity contribution >= 4 is 0 Å². The molecule has 0 radical (unpaired) electrons. The zero-order chi connectivity index (χ0) is 10.8. The molecule has 1 aliphatic carbocycles. The van der Waals surface area contributed by atoms with Gasteiger partial charge in [0.25, 0.3) is 0 Å². The van der Waals surface area contributed by atoms with E-state index in [1.807, 2.05) is 0 Å². The molecule has 1 nitrogen and oxygen atoms in total. The number of hydrogen-bond donors (Lipinski definition) is 1. The van der Waals surface area contributed by atoms with E-state index in [0.29, 0.717) is 5.92 Å². The molecule has 0 aromatic rings. The van der Waals surface area contributed by atoms with Gasteiger partial charge < -0.3 is 5.73 Å². The Hall–Kier alpha value is -0.0400. The zero-order valence-electron chi connectivity index (χ0n) is 10.3. The molecule has 0 amide bonds. The SMILES string of the molecule is CCC1CCCCC1C(C)(N)C(C)C. The number of rotatable bonds is 3. The molecule has 1 saturated carbocycles. The highest BCUT2D eigenvalue weighted by Gasteiger charge is 2.38. The fraction of sp³-hybridized carbons (Fsp3) is 1.00. The van der Waals surface area contributed by atoms with Crippen molar-refractivity contribution in [3.05, 3.63) is 0 Å². The smallest absolute Gasteiger partial charge is 0.0180 e. The van der Waals surface area contributed by atoms with Gasteiger partial charge in [-0.05, 0) is 31.1 Å². The lowest BCUT2D eigenvalue weighted by molar-refractivity contribution is 0.105. The minimum atomic E-state index is 0.0428. The third-order valence-electron chi connectivity index (χ3n) is 4.48. The van der Waals surface area contributed by atoms with Crippen LogP contribution < -0.4 is 5.73 Å². The molecule has 1 fully saturated rings. The first-order chi connectivity index (χ1) is 6.50. The van der Waals surface area contributed by atoms with Gasteiger partial charge in [-0.1, -0.05) is 46.5 Å². The van der Waals surface area contributed by atoms with Gasteiger partial charge in [-0.25, -0.2) is 0 Å². The van der Waals surface area contributed by atoms with Crippen molar-refractivity contribution in [1.29, 1.82) is 0 Å². The summed E-state index contributed by atoms with van der Waals surface area (Å²) in [5.74, 6) is 2.22. The van der Waals surface area contributed by atoms with Gasteiger partial charge in [-0.15, -0.1) is 0 Å². The summed E-state index contributed by atoms with van der Waals surface area (Å²) in [7, 11) is 0. The van der Waals surface area contributed by atoms with E-state index in [-0.39, 0.29) is 5.54 Å². The highest BCUT2D eigenvalue weighted by atomic mass is 14.8. The minimum absolute atomic E-state index is 0.0428. The average molecular weight is 197 g/mol. The van der Waals surface area contributed by atoms with E-state index in [9.17, 15) is 0 Å². The molecule has 0 aliphatic heterocycles. The van der Waals surface area contributed by atoms with Crippen LogP contribution in [-0.2, 0) is 0 Å². The van der Waals surface area contributed by atoms with E-state index >= 15 is 0 Å². The fourth-order valence-corrected chi connectivity index (χ4v) is 2.94. The van der Waals surface area contributed by atoms with Crippen LogP contribution in [0.5, 0.6) is 0 Å². The third-order valence-corrected chi connectivity index (χ3v) is 4.48. The Morgan fingerprint density at radius 1 is 1.29 bits per heavy atom. The van der Waals surface area contributed by atoms with Gasteiger partial charge in [0.2, 0.25) is 0 Å². The lowest BCUT2D eigenvalue weighted by Gasteiger charge is -2.44. The Balaban J connectivity index is 2.72. The molecule has 0 spiro atoms. The topological polar surface area (TPSA) is 26.0 Å². The second-order valence-electron chi connectivity index (χ2n) is 5.58. The largest absolute Gasteiger partial charge is 0.325 e. The first kappa shape index (κ1) is 12.0. The molecule has 0 bridgehead atoms. The summed E-state index contributed by atoms with van der Waals surface area (Å²) < 4.78 is 0. The van der Waals surface area contributed by atoms with Crippen molar-refractivity contribution in [2.75, 3.05) is 0 Å². The first-order valence-corrected chi connectivity index (χ1v) is 6.29. The van der Waals surface area contributed by atoms with Crippen molar-refractivity contribution in [2.24, 2.45) is 23.5 Å². The van der Waals surface area contributed by atoms with Crippen LogP contribution in [0, 0.1) is 17.8 Å². The maximum Gasteiger partial charge on any atom is 0.0180 e. The van der Waals surface area contributed by atoms with Crippen LogP contribution in [0.25, 0.3) is 0 Å². The maximum atomic E-state index is 6.50. The Morgan fingerprint density at radius 2 is 1.86 bits per heavy atom. The molecule has 3 atom stereocenters. The van der Waals surface area contributed by atoms with Gasteiger partial charge in [0.1, 0.15) is 0 Å². The molecule has 84 valence electrons. The molecule has 1 heteroatoms. The second kappa shape index (κ2) is 4.65. The van der Waals surface area contributed by atoms with E-state index in [0.717, 1.165) is 11.8 Å². The molecule has 14 heavy (non-hydrogen) atoms. The van der Waals surface area contributed by atoms with Gasteiger partial charge in [0.15, 0.2) is 0 Å². The molecule has 0 aromatic carbocycles. The average Bonchev–Trinajstić information content (AvgIpc) is 2.17. The summed E-state index contributed by atoms with van der Waals surface area (Å²) >= 11 is 0. The maximum absolute atomic E-state index is 6.50. The lowest BCUT2D eigenvalue weighted by Crippen LogP contribution is -2.52. The summed E-state index contributed by atoms with van der Waals surface area (Å²) in [6.45, 7) is 9.11. The van der Waals surface area contributed by atoms with Gasteiger partial charge in [0, 0.05) is 5.54 Å². The van der Waals surface area contributed by atoms with E-state index < -0.39 is 0 Å². The van der Waals surface area contributed by atoms with Crippen LogP contribution in [0.3, 0.4) is 0 Å². The standard InChI is InChI=1S/C13H27N/c1-5-11-8-6-7-9-12(11)13(4,14)10(2)3/h10-12H,5-9,14H2,1-4H3. The van der Waals surface area contributed by atoms with Crippen LogP contribution in [0.2, 0.25) is 0 Å². The summed E-state index contributed by atoms with van der Waals surface area (Å²) in [6, 6.07) is 0. The van der Waals surface area contributed by atoms with Crippen LogP contribution in [-0.4, -0.2) is 5.54 Å². The summed E-state index contributed by atoms with van der Waals surface area (Å²) in [5.41, 5.74) is 6.54. The lowest BCUT2D eigenvalue weighted by atomic mass is 9.65. The van der Waals surface area contributed by atoms with Crippen LogP contribution >= 0.6 is 0 Å². The Labute approximate surface area is 89.5 Å². The van der Waals surface area contributed by atoms with Crippen molar-refractivity contribution in [3.8, 4) is 0 Å². The third kappa shape index (κ3) is 2.31. The zero-order valence-corrected chi connectivity index (χ0v) is 10.3. The van der Waals surface area contributed by atoms with Crippen molar-refractivity contribution in [2.45, 2.75) is 65.3 Å². The Kier molecular flexibility index (Phi) is 4.00. The van der Waals surface area contributed by atoms with E-state index in [4.69, 9.17) is 5.73 Å². The monoisotopic (exact) mass is 197 g/mol.